The Morgan fingerprint density at radius 3 is 2.51 bits per heavy atom. The van der Waals surface area contributed by atoms with Gasteiger partial charge in [0.2, 0.25) is 6.54 Å². The molecule has 0 unspecified atom stereocenters. The summed E-state index contributed by atoms with van der Waals surface area (Å²) in [7, 11) is 0. The number of amides is 1. The van der Waals surface area contributed by atoms with Gasteiger partial charge in [-0.05, 0) is 85.8 Å². The van der Waals surface area contributed by atoms with E-state index in [1.807, 2.05) is 42.5 Å². The summed E-state index contributed by atoms with van der Waals surface area (Å²) in [6.45, 7) is 10.3. The lowest BCUT2D eigenvalue weighted by atomic mass is 10.0. The molecular formula is C38H34FN9O. The Labute approximate surface area is 283 Å². The van der Waals surface area contributed by atoms with Crippen LogP contribution in [0.3, 0.4) is 0 Å². The highest BCUT2D eigenvalue weighted by molar-refractivity contribution is 6.04. The SMILES string of the molecule is [C-]#[N+]CCN1CCC(n2c(C3CC3)nc(-c3ccc(F)cc3)c2-c2ccc3nc(NC(=O)c4cccc(-c5cccnc5)c4)cn3n2)CC1. The Hall–Kier alpha value is -5.73. The molecular weight excluding hydrogens is 617 g/mol. The number of piperidine rings is 1. The molecule has 1 amide bonds. The third kappa shape index (κ3) is 6.30. The first-order valence-corrected chi connectivity index (χ1v) is 16.7. The fourth-order valence-electron chi connectivity index (χ4n) is 6.73. The Kier molecular flexibility index (Phi) is 8.15. The summed E-state index contributed by atoms with van der Waals surface area (Å²) in [6, 6.07) is 21.8. The fourth-order valence-corrected chi connectivity index (χ4v) is 6.73. The van der Waals surface area contributed by atoms with Crippen LogP contribution in [0.25, 0.3) is 44.3 Å². The normalized spacial score (nSPS) is 15.3. The molecule has 49 heavy (non-hydrogen) atoms. The zero-order valence-electron chi connectivity index (χ0n) is 26.8. The molecule has 1 aliphatic heterocycles. The molecule has 0 radical (unpaired) electrons. The summed E-state index contributed by atoms with van der Waals surface area (Å²) in [5.74, 6) is 1.25. The summed E-state index contributed by atoms with van der Waals surface area (Å²) in [4.78, 5) is 33.3. The predicted octanol–water partition coefficient (Wildman–Crippen LogP) is 7.15. The van der Waals surface area contributed by atoms with Gasteiger partial charge >= 0.3 is 0 Å². The number of hydrogen-bond acceptors (Lipinski definition) is 6. The van der Waals surface area contributed by atoms with Crippen molar-refractivity contribution in [1.82, 2.24) is 34.0 Å². The standard InChI is InChI=1S/C38H34FN9O/c1-40-18-21-46-19-15-31(16-20-46)48-36(35(44-37(48)26-7-8-26)25-9-11-30(39)12-10-25)32-13-14-34-42-33(24-47(34)45-32)43-38(49)28-5-2-4-27(22-28)29-6-3-17-41-23-29/h2-6,9-14,17,22-24,26,31H,7-8,15-16,18-21H2,(H,43,49). The second kappa shape index (κ2) is 13.1. The van der Waals surface area contributed by atoms with Gasteiger partial charge in [0.15, 0.2) is 11.5 Å². The molecule has 5 heterocycles. The van der Waals surface area contributed by atoms with Crippen molar-refractivity contribution in [2.75, 3.05) is 31.5 Å². The molecule has 2 aromatic carbocycles. The fraction of sp³-hybridized carbons (Fsp3) is 0.263. The zero-order chi connectivity index (χ0) is 33.3. The van der Waals surface area contributed by atoms with Gasteiger partial charge in [-0.25, -0.2) is 25.4 Å². The van der Waals surface area contributed by atoms with E-state index in [-0.39, 0.29) is 17.8 Å². The quantitative estimate of drug-likeness (QED) is 0.167. The van der Waals surface area contributed by atoms with Gasteiger partial charge in [0.1, 0.15) is 17.3 Å². The summed E-state index contributed by atoms with van der Waals surface area (Å²) in [5, 5.41) is 7.96. The van der Waals surface area contributed by atoms with Crippen LogP contribution in [0.4, 0.5) is 10.2 Å². The molecule has 6 aromatic rings. The number of rotatable bonds is 9. The number of imidazole rings is 2. The number of carbonyl (C=O) groups excluding carboxylic acids is 1. The largest absolute Gasteiger partial charge is 0.323 e. The van der Waals surface area contributed by atoms with E-state index in [1.165, 1.54) is 12.1 Å². The van der Waals surface area contributed by atoms with Gasteiger partial charge in [0.05, 0.1) is 24.1 Å². The molecule has 2 fully saturated rings. The number of pyridine rings is 1. The van der Waals surface area contributed by atoms with E-state index >= 15 is 0 Å². The van der Waals surface area contributed by atoms with Crippen molar-refractivity contribution in [2.45, 2.75) is 37.6 Å². The highest BCUT2D eigenvalue weighted by atomic mass is 19.1. The average Bonchev–Trinajstić information content (AvgIpc) is 3.79. The Bertz CT molecular complexity index is 2170. The van der Waals surface area contributed by atoms with Crippen molar-refractivity contribution in [1.29, 1.82) is 0 Å². The van der Waals surface area contributed by atoms with Crippen LogP contribution in [0.5, 0.6) is 0 Å². The first-order chi connectivity index (χ1) is 24.0. The maximum Gasteiger partial charge on any atom is 0.256 e. The summed E-state index contributed by atoms with van der Waals surface area (Å²) >= 11 is 0. The number of aromatic nitrogens is 6. The molecule has 0 atom stereocenters. The number of carbonyl (C=O) groups is 1. The molecule has 0 spiro atoms. The lowest BCUT2D eigenvalue weighted by Crippen LogP contribution is -2.36. The van der Waals surface area contributed by atoms with Gasteiger partial charge < -0.3 is 14.7 Å². The number of likely N-dealkylation sites (tertiary alicyclic amines) is 1. The third-order valence-corrected chi connectivity index (χ3v) is 9.37. The molecule has 1 N–H and O–H groups in total. The molecule has 8 rings (SSSR count). The van der Waals surface area contributed by atoms with Gasteiger partial charge in [-0.1, -0.05) is 18.2 Å². The third-order valence-electron chi connectivity index (χ3n) is 9.37. The smallest absolute Gasteiger partial charge is 0.256 e. The van der Waals surface area contributed by atoms with E-state index in [9.17, 15) is 9.18 Å². The topological polar surface area (TPSA) is 97.6 Å². The zero-order valence-corrected chi connectivity index (χ0v) is 26.8. The van der Waals surface area contributed by atoms with Crippen molar-refractivity contribution in [2.24, 2.45) is 0 Å². The number of anilines is 1. The van der Waals surface area contributed by atoms with Crippen LogP contribution in [0.2, 0.25) is 0 Å². The van der Waals surface area contributed by atoms with E-state index in [1.54, 1.807) is 41.3 Å². The van der Waals surface area contributed by atoms with Crippen molar-refractivity contribution in [3.63, 3.8) is 0 Å². The molecule has 1 aliphatic carbocycles. The molecule has 1 saturated heterocycles. The van der Waals surface area contributed by atoms with Crippen molar-refractivity contribution in [3.05, 3.63) is 120 Å². The maximum absolute atomic E-state index is 14.0. The van der Waals surface area contributed by atoms with Crippen molar-refractivity contribution < 1.29 is 9.18 Å². The molecule has 10 nitrogen and oxygen atoms in total. The average molecular weight is 652 g/mol. The van der Waals surface area contributed by atoms with E-state index in [4.69, 9.17) is 16.7 Å². The minimum atomic E-state index is -0.296. The van der Waals surface area contributed by atoms with E-state index in [2.05, 4.69) is 29.6 Å². The Morgan fingerprint density at radius 2 is 1.76 bits per heavy atom. The second-order valence-electron chi connectivity index (χ2n) is 12.7. The summed E-state index contributed by atoms with van der Waals surface area (Å²) in [6.07, 6.45) is 9.26. The molecule has 244 valence electrons. The van der Waals surface area contributed by atoms with Crippen LogP contribution >= 0.6 is 0 Å². The Balaban J connectivity index is 1.14. The van der Waals surface area contributed by atoms with Crippen LogP contribution in [0.1, 0.15) is 53.8 Å². The van der Waals surface area contributed by atoms with Crippen LogP contribution in [0.15, 0.2) is 91.4 Å². The first kappa shape index (κ1) is 30.6. The number of halogens is 1. The number of fused-ring (bicyclic) bond motifs is 1. The van der Waals surface area contributed by atoms with Gasteiger partial charge in [-0.2, -0.15) is 5.10 Å². The summed E-state index contributed by atoms with van der Waals surface area (Å²) in [5.41, 5.74) is 6.17. The van der Waals surface area contributed by atoms with Crippen LogP contribution in [0, 0.1) is 12.4 Å². The van der Waals surface area contributed by atoms with Crippen LogP contribution in [-0.2, 0) is 0 Å². The van der Waals surface area contributed by atoms with Crippen LogP contribution in [-0.4, -0.2) is 66.1 Å². The van der Waals surface area contributed by atoms with Gasteiger partial charge in [0.25, 0.3) is 5.91 Å². The summed E-state index contributed by atoms with van der Waals surface area (Å²) < 4.78 is 18.1. The number of nitrogens with zero attached hydrogens (tertiary/aromatic N) is 8. The number of hydrogen-bond donors (Lipinski definition) is 1. The Morgan fingerprint density at radius 1 is 0.939 bits per heavy atom. The maximum atomic E-state index is 14.0. The lowest BCUT2D eigenvalue weighted by molar-refractivity contribution is 0.102. The van der Waals surface area contributed by atoms with Gasteiger partial charge in [-0.3, -0.25) is 14.7 Å². The van der Waals surface area contributed by atoms with E-state index in [0.717, 1.165) is 84.9 Å². The number of benzene rings is 2. The second-order valence-corrected chi connectivity index (χ2v) is 12.7. The molecule has 1 saturated carbocycles. The molecule has 11 heteroatoms. The molecule has 0 bridgehead atoms. The van der Waals surface area contributed by atoms with E-state index in [0.29, 0.717) is 29.5 Å². The van der Waals surface area contributed by atoms with Crippen LogP contribution < -0.4 is 5.32 Å². The lowest BCUT2D eigenvalue weighted by Gasteiger charge is -2.33. The van der Waals surface area contributed by atoms with Gasteiger partial charge in [-0.15, -0.1) is 0 Å². The number of nitrogens with one attached hydrogen (secondary N) is 1. The van der Waals surface area contributed by atoms with Crippen molar-refractivity contribution >= 4 is 17.4 Å². The minimum absolute atomic E-state index is 0.217. The predicted molar refractivity (Wildman–Crippen MR) is 185 cm³/mol. The van der Waals surface area contributed by atoms with E-state index < -0.39 is 0 Å². The van der Waals surface area contributed by atoms with Crippen molar-refractivity contribution in [3.8, 4) is 33.8 Å². The molecule has 4 aromatic heterocycles. The molecule has 2 aliphatic rings. The minimum Gasteiger partial charge on any atom is -0.323 e. The highest BCUT2D eigenvalue weighted by Gasteiger charge is 2.36. The monoisotopic (exact) mass is 651 g/mol. The van der Waals surface area contributed by atoms with Gasteiger partial charge in [0, 0.05) is 54.1 Å². The first-order valence-electron chi connectivity index (χ1n) is 16.7. The highest BCUT2D eigenvalue weighted by Crippen LogP contribution is 2.46.